The molecule has 0 fully saturated rings. The van der Waals surface area contributed by atoms with E-state index in [-0.39, 0.29) is 11.1 Å². The van der Waals surface area contributed by atoms with Gasteiger partial charge in [-0.15, -0.1) is 0 Å². The van der Waals surface area contributed by atoms with Gasteiger partial charge < -0.3 is 10.5 Å². The second-order valence-corrected chi connectivity index (χ2v) is 7.78. The van der Waals surface area contributed by atoms with Crippen LogP contribution in [0.5, 0.6) is 0 Å². The van der Waals surface area contributed by atoms with Crippen LogP contribution in [0.3, 0.4) is 0 Å². The molecule has 0 saturated carbocycles. The fourth-order valence-electron chi connectivity index (χ4n) is 2.71. The molecule has 0 aliphatic carbocycles. The standard InChI is InChI=1S/C18H24N6O2/c1-17(2,3)26-16(25)24-10-18(4,5)12-7-6-11(8-14(12)24)22-23-13(9-19)15(20)21/h6-8,22H,10H2,1-5H3,(H3,20,21)/b23-13+. The van der Waals surface area contributed by atoms with E-state index >= 15 is 0 Å². The molecule has 1 aliphatic rings. The molecule has 8 heteroatoms. The molecular weight excluding hydrogens is 332 g/mol. The van der Waals surface area contributed by atoms with Gasteiger partial charge in [0.15, 0.2) is 5.84 Å². The average Bonchev–Trinajstić information content (AvgIpc) is 2.77. The third kappa shape index (κ3) is 4.11. The van der Waals surface area contributed by atoms with Crippen LogP contribution in [0.15, 0.2) is 23.3 Å². The van der Waals surface area contributed by atoms with Gasteiger partial charge in [-0.2, -0.15) is 10.4 Å². The van der Waals surface area contributed by atoms with Gasteiger partial charge >= 0.3 is 6.09 Å². The average molecular weight is 356 g/mol. The normalized spacial score (nSPS) is 15.8. The molecule has 26 heavy (non-hydrogen) atoms. The van der Waals surface area contributed by atoms with Gasteiger partial charge in [0.05, 0.1) is 11.4 Å². The number of amides is 1. The summed E-state index contributed by atoms with van der Waals surface area (Å²) in [6.45, 7) is 10.1. The fourth-order valence-corrected chi connectivity index (χ4v) is 2.71. The summed E-state index contributed by atoms with van der Waals surface area (Å²) in [6.07, 6.45) is -0.411. The Balaban J connectivity index is 2.35. The van der Waals surface area contributed by atoms with Gasteiger partial charge in [-0.1, -0.05) is 19.9 Å². The second-order valence-electron chi connectivity index (χ2n) is 7.78. The quantitative estimate of drug-likeness (QED) is 0.436. The number of nitrogens with zero attached hydrogens (tertiary/aromatic N) is 3. The SMILES string of the molecule is CC(C)(C)OC(=O)N1CC(C)(C)c2ccc(N/N=C(\C#N)C(=N)N)cc21. The molecule has 1 aliphatic heterocycles. The van der Waals surface area contributed by atoms with Gasteiger partial charge in [-0.3, -0.25) is 15.7 Å². The molecule has 0 saturated heterocycles. The van der Waals surface area contributed by atoms with Crippen molar-refractivity contribution in [3.8, 4) is 6.07 Å². The molecule has 0 unspecified atom stereocenters. The van der Waals surface area contributed by atoms with Crippen LogP contribution >= 0.6 is 0 Å². The number of hydrogen-bond donors (Lipinski definition) is 3. The molecule has 2 rings (SSSR count). The second kappa shape index (κ2) is 6.67. The van der Waals surface area contributed by atoms with Crippen molar-refractivity contribution in [1.29, 1.82) is 10.7 Å². The summed E-state index contributed by atoms with van der Waals surface area (Å²) in [5.41, 5.74) is 9.28. The summed E-state index contributed by atoms with van der Waals surface area (Å²) in [5.74, 6) is -0.419. The minimum atomic E-state index is -0.590. The first-order valence-corrected chi connectivity index (χ1v) is 8.18. The van der Waals surface area contributed by atoms with Crippen LogP contribution in [0.2, 0.25) is 0 Å². The minimum Gasteiger partial charge on any atom is -0.443 e. The molecule has 0 atom stereocenters. The molecule has 0 spiro atoms. The zero-order chi connectivity index (χ0) is 19.7. The van der Waals surface area contributed by atoms with Crippen LogP contribution in [0.4, 0.5) is 16.2 Å². The van der Waals surface area contributed by atoms with Crippen LogP contribution in [0.25, 0.3) is 0 Å². The lowest BCUT2D eigenvalue weighted by Gasteiger charge is -2.26. The van der Waals surface area contributed by atoms with E-state index in [9.17, 15) is 4.79 Å². The van der Waals surface area contributed by atoms with Crippen molar-refractivity contribution in [2.45, 2.75) is 45.6 Å². The smallest absolute Gasteiger partial charge is 0.414 e. The highest BCUT2D eigenvalue weighted by Crippen LogP contribution is 2.42. The van der Waals surface area contributed by atoms with Gasteiger partial charge in [0.1, 0.15) is 11.7 Å². The number of hydrazone groups is 1. The number of amidine groups is 1. The first-order chi connectivity index (χ1) is 11.9. The number of nitriles is 1. The number of fused-ring (bicyclic) bond motifs is 1. The summed E-state index contributed by atoms with van der Waals surface area (Å²) in [5, 5.41) is 20.0. The Kier molecular flexibility index (Phi) is 4.94. The Morgan fingerprint density at radius 3 is 2.65 bits per heavy atom. The number of carbonyl (C=O) groups excluding carboxylic acids is 1. The Morgan fingerprint density at radius 1 is 1.46 bits per heavy atom. The van der Waals surface area contributed by atoms with Crippen molar-refractivity contribution < 1.29 is 9.53 Å². The van der Waals surface area contributed by atoms with E-state index < -0.39 is 17.5 Å². The number of anilines is 2. The number of nitrogens with one attached hydrogen (secondary N) is 2. The van der Waals surface area contributed by atoms with E-state index in [4.69, 9.17) is 21.1 Å². The monoisotopic (exact) mass is 356 g/mol. The lowest BCUT2D eigenvalue weighted by molar-refractivity contribution is 0.0579. The first kappa shape index (κ1) is 19.2. The topological polar surface area (TPSA) is 128 Å². The molecule has 0 aromatic heterocycles. The number of rotatable bonds is 3. The zero-order valence-electron chi connectivity index (χ0n) is 15.7. The Bertz CT molecular complexity index is 814. The van der Waals surface area contributed by atoms with Crippen molar-refractivity contribution in [1.82, 2.24) is 0 Å². The number of carbonyl (C=O) groups is 1. The summed E-state index contributed by atoms with van der Waals surface area (Å²) >= 11 is 0. The number of benzene rings is 1. The number of hydrogen-bond acceptors (Lipinski definition) is 6. The van der Waals surface area contributed by atoms with Crippen LogP contribution in [-0.2, 0) is 10.2 Å². The zero-order valence-corrected chi connectivity index (χ0v) is 15.7. The summed E-state index contributed by atoms with van der Waals surface area (Å²) in [7, 11) is 0. The van der Waals surface area contributed by atoms with Crippen molar-refractivity contribution in [3.63, 3.8) is 0 Å². The summed E-state index contributed by atoms with van der Waals surface area (Å²) in [6, 6.07) is 7.23. The highest BCUT2D eigenvalue weighted by molar-refractivity contribution is 6.45. The lowest BCUT2D eigenvalue weighted by Crippen LogP contribution is -2.38. The maximum absolute atomic E-state index is 12.6. The number of ether oxygens (including phenoxy) is 1. The number of nitrogens with two attached hydrogens (primary N) is 1. The lowest BCUT2D eigenvalue weighted by atomic mass is 9.87. The van der Waals surface area contributed by atoms with E-state index in [1.54, 1.807) is 23.1 Å². The van der Waals surface area contributed by atoms with Crippen LogP contribution < -0.4 is 16.1 Å². The first-order valence-electron chi connectivity index (χ1n) is 8.18. The predicted molar refractivity (Wildman–Crippen MR) is 102 cm³/mol. The highest BCUT2D eigenvalue weighted by Gasteiger charge is 2.39. The van der Waals surface area contributed by atoms with E-state index in [0.717, 1.165) is 11.3 Å². The van der Waals surface area contributed by atoms with Crippen LogP contribution in [-0.4, -0.2) is 29.8 Å². The maximum atomic E-state index is 12.6. The minimum absolute atomic E-state index is 0.213. The molecule has 4 N–H and O–H groups in total. The van der Waals surface area contributed by atoms with Crippen LogP contribution in [0.1, 0.15) is 40.2 Å². The van der Waals surface area contributed by atoms with Gasteiger partial charge in [0.2, 0.25) is 5.71 Å². The Hall–Kier alpha value is -3.08. The van der Waals surface area contributed by atoms with E-state index in [0.29, 0.717) is 12.2 Å². The van der Waals surface area contributed by atoms with Crippen LogP contribution in [0, 0.1) is 16.7 Å². The molecular formula is C18H24N6O2. The van der Waals surface area contributed by atoms with Crippen molar-refractivity contribution >= 4 is 29.0 Å². The molecule has 0 bridgehead atoms. The van der Waals surface area contributed by atoms with Crippen molar-refractivity contribution in [3.05, 3.63) is 23.8 Å². The maximum Gasteiger partial charge on any atom is 0.414 e. The molecule has 1 heterocycles. The third-order valence-electron chi connectivity index (χ3n) is 3.84. The molecule has 8 nitrogen and oxygen atoms in total. The van der Waals surface area contributed by atoms with Gasteiger partial charge in [0.25, 0.3) is 0 Å². The van der Waals surface area contributed by atoms with Gasteiger partial charge in [0, 0.05) is 12.0 Å². The summed E-state index contributed by atoms with van der Waals surface area (Å²) in [4.78, 5) is 14.2. The van der Waals surface area contributed by atoms with E-state index in [1.165, 1.54) is 0 Å². The predicted octanol–water partition coefficient (Wildman–Crippen LogP) is 2.95. The molecule has 138 valence electrons. The third-order valence-corrected chi connectivity index (χ3v) is 3.84. The molecule has 1 aromatic rings. The van der Waals surface area contributed by atoms with Gasteiger partial charge in [-0.05, 0) is 38.5 Å². The van der Waals surface area contributed by atoms with E-state index in [1.807, 2.05) is 26.8 Å². The Morgan fingerprint density at radius 2 is 2.12 bits per heavy atom. The van der Waals surface area contributed by atoms with Crippen molar-refractivity contribution in [2.75, 3.05) is 16.9 Å². The fraction of sp³-hybridized carbons (Fsp3) is 0.444. The largest absolute Gasteiger partial charge is 0.443 e. The molecule has 0 radical (unpaired) electrons. The molecule has 1 aromatic carbocycles. The van der Waals surface area contributed by atoms with Gasteiger partial charge in [-0.25, -0.2) is 4.79 Å². The molecule has 1 amide bonds. The van der Waals surface area contributed by atoms with E-state index in [2.05, 4.69) is 24.4 Å². The Labute approximate surface area is 153 Å². The highest BCUT2D eigenvalue weighted by atomic mass is 16.6. The summed E-state index contributed by atoms with van der Waals surface area (Å²) < 4.78 is 5.51. The van der Waals surface area contributed by atoms with Crippen molar-refractivity contribution in [2.24, 2.45) is 10.8 Å².